The molecule has 2 aliphatic heterocycles. The Kier molecular flexibility index (Phi) is 4.30. The Labute approximate surface area is 164 Å². The van der Waals surface area contributed by atoms with Gasteiger partial charge in [0.1, 0.15) is 17.5 Å². The number of hydrogen-bond acceptors (Lipinski definition) is 6. The summed E-state index contributed by atoms with van der Waals surface area (Å²) >= 11 is 0. The van der Waals surface area contributed by atoms with Gasteiger partial charge in [0.25, 0.3) is 0 Å². The zero-order valence-corrected chi connectivity index (χ0v) is 16.5. The van der Waals surface area contributed by atoms with Crippen molar-refractivity contribution in [1.82, 2.24) is 29.7 Å². The predicted molar refractivity (Wildman–Crippen MR) is 107 cm³/mol. The van der Waals surface area contributed by atoms with Crippen LogP contribution in [0.2, 0.25) is 0 Å². The predicted octanol–water partition coefficient (Wildman–Crippen LogP) is 3.08. The molecule has 1 unspecified atom stereocenters. The van der Waals surface area contributed by atoms with Gasteiger partial charge in [-0.2, -0.15) is 0 Å². The van der Waals surface area contributed by atoms with Crippen LogP contribution in [0.15, 0.2) is 24.5 Å². The molecule has 0 radical (unpaired) electrons. The fourth-order valence-corrected chi connectivity index (χ4v) is 4.40. The molecule has 0 amide bonds. The van der Waals surface area contributed by atoms with Crippen LogP contribution in [0.3, 0.4) is 0 Å². The van der Waals surface area contributed by atoms with Gasteiger partial charge >= 0.3 is 0 Å². The average molecular weight is 375 g/mol. The Morgan fingerprint density at radius 2 is 2.00 bits per heavy atom. The first-order valence-corrected chi connectivity index (χ1v) is 10.1. The van der Waals surface area contributed by atoms with Crippen LogP contribution in [0, 0.1) is 13.8 Å². The van der Waals surface area contributed by atoms with E-state index in [1.165, 1.54) is 6.42 Å². The lowest BCUT2D eigenvalue weighted by Gasteiger charge is -2.34. The third-order valence-corrected chi connectivity index (χ3v) is 6.01. The SMILES string of the molecule is Cc1nc(-c2cccnc2)nc(N2CCCC(c3nnc4n3CCC4)C2)c1C. The molecule has 1 atom stereocenters. The monoisotopic (exact) mass is 375 g/mol. The van der Waals surface area contributed by atoms with Crippen molar-refractivity contribution in [3.8, 4) is 11.4 Å². The van der Waals surface area contributed by atoms with Crippen LogP contribution in [0.5, 0.6) is 0 Å². The first-order chi connectivity index (χ1) is 13.7. The van der Waals surface area contributed by atoms with E-state index < -0.39 is 0 Å². The maximum Gasteiger partial charge on any atom is 0.163 e. The molecule has 7 nitrogen and oxygen atoms in total. The minimum Gasteiger partial charge on any atom is -0.356 e. The van der Waals surface area contributed by atoms with E-state index in [-0.39, 0.29) is 0 Å². The highest BCUT2D eigenvalue weighted by Gasteiger charge is 2.30. The maximum absolute atomic E-state index is 4.95. The molecule has 7 heteroatoms. The molecule has 3 aromatic heterocycles. The fourth-order valence-electron chi connectivity index (χ4n) is 4.40. The number of nitrogens with zero attached hydrogens (tertiary/aromatic N) is 7. The van der Waals surface area contributed by atoms with Crippen molar-refractivity contribution in [2.45, 2.75) is 52.0 Å². The lowest BCUT2D eigenvalue weighted by Crippen LogP contribution is -2.36. The summed E-state index contributed by atoms with van der Waals surface area (Å²) in [6.07, 6.45) is 8.14. The van der Waals surface area contributed by atoms with Gasteiger partial charge in [0.05, 0.1) is 0 Å². The Balaban J connectivity index is 1.47. The fraction of sp³-hybridized carbons (Fsp3) is 0.476. The molecule has 5 rings (SSSR count). The third kappa shape index (κ3) is 2.95. The zero-order valence-electron chi connectivity index (χ0n) is 16.5. The van der Waals surface area contributed by atoms with E-state index in [4.69, 9.17) is 9.97 Å². The molecule has 0 saturated carbocycles. The number of rotatable bonds is 3. The maximum atomic E-state index is 4.95. The second-order valence-electron chi connectivity index (χ2n) is 7.84. The summed E-state index contributed by atoms with van der Waals surface area (Å²) in [5, 5.41) is 8.96. The lowest BCUT2D eigenvalue weighted by molar-refractivity contribution is 0.470. The highest BCUT2D eigenvalue weighted by molar-refractivity contribution is 5.59. The summed E-state index contributed by atoms with van der Waals surface area (Å²) in [7, 11) is 0. The second-order valence-corrected chi connectivity index (χ2v) is 7.84. The summed E-state index contributed by atoms with van der Waals surface area (Å²) in [5.74, 6) is 4.51. The molecule has 1 fully saturated rings. The summed E-state index contributed by atoms with van der Waals surface area (Å²) in [6, 6.07) is 3.94. The molecular formula is C21H25N7. The van der Waals surface area contributed by atoms with Gasteiger partial charge in [-0.3, -0.25) is 4.98 Å². The van der Waals surface area contributed by atoms with Gasteiger partial charge in [-0.15, -0.1) is 10.2 Å². The topological polar surface area (TPSA) is 72.6 Å². The van der Waals surface area contributed by atoms with Crippen molar-refractivity contribution in [3.05, 3.63) is 47.4 Å². The van der Waals surface area contributed by atoms with Crippen LogP contribution < -0.4 is 4.90 Å². The summed E-state index contributed by atoms with van der Waals surface area (Å²) in [6.45, 7) is 7.19. The Hall–Kier alpha value is -2.83. The van der Waals surface area contributed by atoms with Gasteiger partial charge in [-0.25, -0.2) is 9.97 Å². The zero-order chi connectivity index (χ0) is 19.1. The summed E-state index contributed by atoms with van der Waals surface area (Å²) in [4.78, 5) is 16.3. The number of fused-ring (bicyclic) bond motifs is 1. The van der Waals surface area contributed by atoms with E-state index in [1.54, 1.807) is 6.20 Å². The van der Waals surface area contributed by atoms with Crippen LogP contribution in [-0.2, 0) is 13.0 Å². The molecule has 5 heterocycles. The van der Waals surface area contributed by atoms with Crippen LogP contribution in [0.4, 0.5) is 5.82 Å². The standard InChI is InChI=1S/C21H25N7/c1-14-15(2)23-19(16-6-3-9-22-12-16)24-20(14)27-10-4-7-17(13-27)21-26-25-18-8-5-11-28(18)21/h3,6,9,12,17H,4-5,7-8,10-11,13H2,1-2H3. The van der Waals surface area contributed by atoms with Gasteiger partial charge in [0.2, 0.25) is 0 Å². The Morgan fingerprint density at radius 1 is 1.07 bits per heavy atom. The molecule has 28 heavy (non-hydrogen) atoms. The Morgan fingerprint density at radius 3 is 2.86 bits per heavy atom. The highest BCUT2D eigenvalue weighted by atomic mass is 15.3. The lowest BCUT2D eigenvalue weighted by atomic mass is 9.96. The first kappa shape index (κ1) is 17.3. The largest absolute Gasteiger partial charge is 0.356 e. The van der Waals surface area contributed by atoms with E-state index in [9.17, 15) is 0 Å². The highest BCUT2D eigenvalue weighted by Crippen LogP contribution is 2.32. The van der Waals surface area contributed by atoms with E-state index in [0.29, 0.717) is 5.92 Å². The van der Waals surface area contributed by atoms with Gasteiger partial charge in [-0.1, -0.05) is 0 Å². The van der Waals surface area contributed by atoms with Crippen molar-refractivity contribution >= 4 is 5.82 Å². The summed E-state index contributed by atoms with van der Waals surface area (Å²) < 4.78 is 2.34. The van der Waals surface area contributed by atoms with Crippen molar-refractivity contribution in [1.29, 1.82) is 0 Å². The van der Waals surface area contributed by atoms with E-state index in [0.717, 1.165) is 79.0 Å². The molecule has 0 aromatic carbocycles. The number of hydrogen-bond donors (Lipinski definition) is 0. The molecule has 1 saturated heterocycles. The molecule has 144 valence electrons. The minimum atomic E-state index is 0.407. The van der Waals surface area contributed by atoms with E-state index >= 15 is 0 Å². The van der Waals surface area contributed by atoms with Crippen molar-refractivity contribution < 1.29 is 0 Å². The molecule has 0 aliphatic carbocycles. The quantitative estimate of drug-likeness (QED) is 0.700. The molecule has 3 aromatic rings. The van der Waals surface area contributed by atoms with E-state index in [1.807, 2.05) is 18.3 Å². The Bertz CT molecular complexity index is 995. The average Bonchev–Trinajstić information content (AvgIpc) is 3.34. The van der Waals surface area contributed by atoms with Gasteiger partial charge in [-0.05, 0) is 45.2 Å². The number of aromatic nitrogens is 6. The molecule has 0 N–H and O–H groups in total. The van der Waals surface area contributed by atoms with E-state index in [2.05, 4.69) is 38.5 Å². The molecule has 0 bridgehead atoms. The van der Waals surface area contributed by atoms with Crippen molar-refractivity contribution in [3.63, 3.8) is 0 Å². The van der Waals surface area contributed by atoms with Crippen LogP contribution in [0.25, 0.3) is 11.4 Å². The van der Waals surface area contributed by atoms with Gasteiger partial charge < -0.3 is 9.47 Å². The molecular weight excluding hydrogens is 350 g/mol. The second kappa shape index (κ2) is 6.96. The normalized spacial score (nSPS) is 19.1. The van der Waals surface area contributed by atoms with Gasteiger partial charge in [0, 0.05) is 61.2 Å². The van der Waals surface area contributed by atoms with Crippen LogP contribution in [-0.4, -0.2) is 42.8 Å². The van der Waals surface area contributed by atoms with Crippen LogP contribution in [0.1, 0.15) is 48.1 Å². The smallest absolute Gasteiger partial charge is 0.163 e. The molecule has 2 aliphatic rings. The minimum absolute atomic E-state index is 0.407. The number of anilines is 1. The first-order valence-electron chi connectivity index (χ1n) is 10.1. The van der Waals surface area contributed by atoms with Gasteiger partial charge in [0.15, 0.2) is 5.82 Å². The van der Waals surface area contributed by atoms with Crippen molar-refractivity contribution in [2.24, 2.45) is 0 Å². The summed E-state index contributed by atoms with van der Waals surface area (Å²) in [5.41, 5.74) is 3.13. The third-order valence-electron chi connectivity index (χ3n) is 6.01. The molecule has 0 spiro atoms. The number of pyridine rings is 1. The number of aryl methyl sites for hydroxylation is 2. The van der Waals surface area contributed by atoms with Crippen molar-refractivity contribution in [2.75, 3.05) is 18.0 Å². The van der Waals surface area contributed by atoms with Crippen LogP contribution >= 0.6 is 0 Å². The number of piperidine rings is 1.